The SMILES string of the molecule is c1ccc(N(c2ccc(-c3cccc4ccccc34)cc2)c2ccc3ccccc3c2)c(-c2cccc3oc4ccccc4c23)c1. The van der Waals surface area contributed by atoms with Gasteiger partial charge < -0.3 is 9.32 Å². The molecule has 0 atom stereocenters. The predicted octanol–water partition coefficient (Wildman–Crippen LogP) is 12.7. The molecule has 0 saturated carbocycles. The van der Waals surface area contributed by atoms with Crippen LogP contribution in [0.5, 0.6) is 0 Å². The zero-order chi connectivity index (χ0) is 30.5. The summed E-state index contributed by atoms with van der Waals surface area (Å²) in [7, 11) is 0. The molecule has 2 heteroatoms. The van der Waals surface area contributed by atoms with E-state index in [1.165, 1.54) is 32.7 Å². The van der Waals surface area contributed by atoms with Crippen LogP contribution in [0.25, 0.3) is 65.7 Å². The van der Waals surface area contributed by atoms with Gasteiger partial charge in [0.05, 0.1) is 5.69 Å². The van der Waals surface area contributed by atoms with Crippen LogP contribution in [0.15, 0.2) is 180 Å². The third-order valence-corrected chi connectivity index (χ3v) is 9.06. The molecule has 0 fully saturated rings. The van der Waals surface area contributed by atoms with Gasteiger partial charge in [-0.05, 0) is 80.7 Å². The first kappa shape index (κ1) is 26.3. The lowest BCUT2D eigenvalue weighted by Gasteiger charge is -2.28. The lowest BCUT2D eigenvalue weighted by molar-refractivity contribution is 0.669. The highest BCUT2D eigenvalue weighted by molar-refractivity contribution is 6.14. The van der Waals surface area contributed by atoms with E-state index >= 15 is 0 Å². The van der Waals surface area contributed by atoms with Gasteiger partial charge in [-0.25, -0.2) is 0 Å². The monoisotopic (exact) mass is 587 g/mol. The van der Waals surface area contributed by atoms with Crippen molar-refractivity contribution < 1.29 is 4.42 Å². The zero-order valence-corrected chi connectivity index (χ0v) is 25.1. The lowest BCUT2D eigenvalue weighted by atomic mass is 9.96. The Labute approximate surface area is 267 Å². The summed E-state index contributed by atoms with van der Waals surface area (Å²) in [6.45, 7) is 0. The van der Waals surface area contributed by atoms with Gasteiger partial charge in [0, 0.05) is 27.7 Å². The van der Waals surface area contributed by atoms with E-state index in [-0.39, 0.29) is 0 Å². The first-order chi connectivity index (χ1) is 22.8. The quantitative estimate of drug-likeness (QED) is 0.199. The third-order valence-electron chi connectivity index (χ3n) is 9.06. The van der Waals surface area contributed by atoms with Crippen molar-refractivity contribution >= 4 is 60.5 Å². The minimum Gasteiger partial charge on any atom is -0.456 e. The van der Waals surface area contributed by atoms with Crippen molar-refractivity contribution in [3.05, 3.63) is 176 Å². The van der Waals surface area contributed by atoms with Crippen LogP contribution < -0.4 is 4.90 Å². The summed E-state index contributed by atoms with van der Waals surface area (Å²) in [4.78, 5) is 2.38. The van der Waals surface area contributed by atoms with E-state index in [0.717, 1.165) is 50.1 Å². The Morgan fingerprint density at radius 1 is 0.370 bits per heavy atom. The molecule has 0 aliphatic carbocycles. The zero-order valence-electron chi connectivity index (χ0n) is 25.1. The van der Waals surface area contributed by atoms with Crippen LogP contribution in [-0.2, 0) is 0 Å². The summed E-state index contributed by atoms with van der Waals surface area (Å²) in [5.41, 5.74) is 9.82. The molecule has 1 heterocycles. The van der Waals surface area contributed by atoms with Crippen molar-refractivity contribution in [2.45, 2.75) is 0 Å². The summed E-state index contributed by atoms with van der Waals surface area (Å²) in [6, 6.07) is 62.8. The van der Waals surface area contributed by atoms with E-state index in [2.05, 4.69) is 169 Å². The Hall–Kier alpha value is -6.12. The van der Waals surface area contributed by atoms with Crippen molar-refractivity contribution in [1.29, 1.82) is 0 Å². The molecule has 216 valence electrons. The molecule has 2 nitrogen and oxygen atoms in total. The molecular formula is C44H29NO. The average Bonchev–Trinajstić information content (AvgIpc) is 3.51. The number of hydrogen-bond acceptors (Lipinski definition) is 2. The van der Waals surface area contributed by atoms with Crippen LogP contribution in [0.2, 0.25) is 0 Å². The smallest absolute Gasteiger partial charge is 0.136 e. The number of para-hydroxylation sites is 2. The Morgan fingerprint density at radius 3 is 1.87 bits per heavy atom. The molecular weight excluding hydrogens is 558 g/mol. The molecule has 0 saturated heterocycles. The minimum atomic E-state index is 0.894. The highest BCUT2D eigenvalue weighted by Gasteiger charge is 2.20. The summed E-state index contributed by atoms with van der Waals surface area (Å²) in [6.07, 6.45) is 0. The molecule has 9 rings (SSSR count). The van der Waals surface area contributed by atoms with E-state index in [0.29, 0.717) is 0 Å². The highest BCUT2D eigenvalue weighted by Crippen LogP contribution is 2.45. The van der Waals surface area contributed by atoms with E-state index in [4.69, 9.17) is 4.42 Å². The van der Waals surface area contributed by atoms with Gasteiger partial charge in [0.25, 0.3) is 0 Å². The summed E-state index contributed by atoms with van der Waals surface area (Å²) < 4.78 is 6.30. The lowest BCUT2D eigenvalue weighted by Crippen LogP contribution is -2.11. The first-order valence-corrected chi connectivity index (χ1v) is 15.7. The molecule has 0 radical (unpaired) electrons. The van der Waals surface area contributed by atoms with E-state index in [9.17, 15) is 0 Å². The first-order valence-electron chi connectivity index (χ1n) is 15.7. The van der Waals surface area contributed by atoms with Gasteiger partial charge >= 0.3 is 0 Å². The highest BCUT2D eigenvalue weighted by atomic mass is 16.3. The average molecular weight is 588 g/mol. The van der Waals surface area contributed by atoms with Crippen LogP contribution in [0.1, 0.15) is 0 Å². The molecule has 1 aromatic heterocycles. The van der Waals surface area contributed by atoms with Crippen LogP contribution in [0.3, 0.4) is 0 Å². The maximum atomic E-state index is 6.30. The second-order valence-electron chi connectivity index (χ2n) is 11.7. The van der Waals surface area contributed by atoms with Gasteiger partial charge in [0.15, 0.2) is 0 Å². The van der Waals surface area contributed by atoms with E-state index in [1.54, 1.807) is 0 Å². The Morgan fingerprint density at radius 2 is 0.978 bits per heavy atom. The summed E-state index contributed by atoms with van der Waals surface area (Å²) in [5.74, 6) is 0. The fraction of sp³-hybridized carbons (Fsp3) is 0. The molecule has 0 aliphatic heterocycles. The summed E-state index contributed by atoms with van der Waals surface area (Å²) in [5, 5.41) is 7.19. The van der Waals surface area contributed by atoms with Gasteiger partial charge in [-0.15, -0.1) is 0 Å². The van der Waals surface area contributed by atoms with Crippen molar-refractivity contribution in [2.75, 3.05) is 4.90 Å². The van der Waals surface area contributed by atoms with E-state index in [1.807, 2.05) is 12.1 Å². The normalized spacial score (nSPS) is 11.5. The van der Waals surface area contributed by atoms with Crippen LogP contribution in [0.4, 0.5) is 17.1 Å². The van der Waals surface area contributed by atoms with Gasteiger partial charge in [-0.2, -0.15) is 0 Å². The molecule has 0 aliphatic rings. The third kappa shape index (κ3) is 4.35. The Balaban J connectivity index is 1.26. The van der Waals surface area contributed by atoms with Crippen molar-refractivity contribution in [1.82, 2.24) is 0 Å². The number of furan rings is 1. The molecule has 0 spiro atoms. The van der Waals surface area contributed by atoms with Crippen molar-refractivity contribution in [3.8, 4) is 22.3 Å². The second-order valence-corrected chi connectivity index (χ2v) is 11.7. The molecule has 9 aromatic rings. The minimum absolute atomic E-state index is 0.894. The molecule has 0 N–H and O–H groups in total. The maximum Gasteiger partial charge on any atom is 0.136 e. The van der Waals surface area contributed by atoms with Gasteiger partial charge in [0.2, 0.25) is 0 Å². The van der Waals surface area contributed by atoms with Crippen molar-refractivity contribution in [2.24, 2.45) is 0 Å². The van der Waals surface area contributed by atoms with Gasteiger partial charge in [-0.1, -0.05) is 133 Å². The topological polar surface area (TPSA) is 16.4 Å². The molecule has 0 amide bonds. The largest absolute Gasteiger partial charge is 0.456 e. The molecule has 0 bridgehead atoms. The molecule has 8 aromatic carbocycles. The number of benzene rings is 8. The van der Waals surface area contributed by atoms with E-state index < -0.39 is 0 Å². The maximum absolute atomic E-state index is 6.30. The number of fused-ring (bicyclic) bond motifs is 5. The summed E-state index contributed by atoms with van der Waals surface area (Å²) >= 11 is 0. The standard InChI is InChI=1S/C44H29NO/c1-2-13-33-29-35(28-23-30(33)11-1)45(34-26-24-32(25-27-34)37-18-9-14-31-12-3-4-15-36(31)37)41-20-7-5-16-38(41)39-19-10-22-43-44(39)40-17-6-8-21-42(40)46-43/h1-29H. The van der Waals surface area contributed by atoms with Crippen LogP contribution in [-0.4, -0.2) is 0 Å². The van der Waals surface area contributed by atoms with Gasteiger partial charge in [0.1, 0.15) is 11.2 Å². The molecule has 46 heavy (non-hydrogen) atoms. The number of anilines is 3. The molecule has 0 unspecified atom stereocenters. The van der Waals surface area contributed by atoms with Gasteiger partial charge in [-0.3, -0.25) is 0 Å². The predicted molar refractivity (Wildman–Crippen MR) is 194 cm³/mol. The fourth-order valence-electron chi connectivity index (χ4n) is 6.91. The number of rotatable bonds is 5. The van der Waals surface area contributed by atoms with Crippen LogP contribution in [0, 0.1) is 0 Å². The Kier molecular flexibility index (Phi) is 6.17. The van der Waals surface area contributed by atoms with Crippen LogP contribution >= 0.6 is 0 Å². The Bertz CT molecular complexity index is 2530. The van der Waals surface area contributed by atoms with Crippen molar-refractivity contribution in [3.63, 3.8) is 0 Å². The number of hydrogen-bond donors (Lipinski definition) is 0. The second kappa shape index (κ2) is 10.8. The fourth-order valence-corrected chi connectivity index (χ4v) is 6.91. The number of nitrogens with zero attached hydrogens (tertiary/aromatic N) is 1.